The van der Waals surface area contributed by atoms with Gasteiger partial charge >= 0.3 is 0 Å². The summed E-state index contributed by atoms with van der Waals surface area (Å²) < 4.78 is 13.9. The summed E-state index contributed by atoms with van der Waals surface area (Å²) in [7, 11) is 2.21. The Kier molecular flexibility index (Phi) is 8.14. The zero-order valence-electron chi connectivity index (χ0n) is 16.1. The average molecular weight is 370 g/mol. The Bertz CT molecular complexity index is 532. The fourth-order valence-corrected chi connectivity index (χ4v) is 4.15. The SMILES string of the molecule is CC.CC1CN(C)CCN1C1CCN(Cc2ccc(Cl)cc2F)CC1. The van der Waals surface area contributed by atoms with Gasteiger partial charge in [-0.05, 0) is 52.0 Å². The number of piperazine rings is 1. The van der Waals surface area contributed by atoms with Crippen LogP contribution in [0, 0.1) is 5.82 Å². The molecule has 0 aromatic heterocycles. The van der Waals surface area contributed by atoms with Gasteiger partial charge in [-0.2, -0.15) is 0 Å². The smallest absolute Gasteiger partial charge is 0.129 e. The summed E-state index contributed by atoms with van der Waals surface area (Å²) >= 11 is 5.83. The van der Waals surface area contributed by atoms with Gasteiger partial charge in [-0.3, -0.25) is 9.80 Å². The van der Waals surface area contributed by atoms with E-state index in [-0.39, 0.29) is 5.82 Å². The maximum absolute atomic E-state index is 13.9. The highest BCUT2D eigenvalue weighted by atomic mass is 35.5. The molecule has 1 atom stereocenters. The van der Waals surface area contributed by atoms with Crippen LogP contribution in [0.3, 0.4) is 0 Å². The maximum Gasteiger partial charge on any atom is 0.129 e. The number of likely N-dealkylation sites (N-methyl/N-ethyl adjacent to an activating group) is 1. The number of likely N-dealkylation sites (tertiary alicyclic amines) is 1. The Morgan fingerprint density at radius 1 is 1.12 bits per heavy atom. The molecule has 2 aliphatic rings. The van der Waals surface area contributed by atoms with Gasteiger partial charge in [0.2, 0.25) is 0 Å². The molecule has 1 aromatic carbocycles. The van der Waals surface area contributed by atoms with E-state index in [0.717, 1.165) is 25.2 Å². The minimum absolute atomic E-state index is 0.188. The summed E-state index contributed by atoms with van der Waals surface area (Å²) in [6.07, 6.45) is 2.37. The van der Waals surface area contributed by atoms with Crippen LogP contribution in [-0.2, 0) is 6.54 Å². The molecule has 1 unspecified atom stereocenters. The molecular formula is C20H33ClFN3. The lowest BCUT2D eigenvalue weighted by molar-refractivity contribution is 0.0288. The lowest BCUT2D eigenvalue weighted by Gasteiger charge is -2.45. The largest absolute Gasteiger partial charge is 0.304 e. The van der Waals surface area contributed by atoms with Crippen molar-refractivity contribution in [2.75, 3.05) is 39.8 Å². The Morgan fingerprint density at radius 3 is 2.40 bits per heavy atom. The molecule has 0 saturated carbocycles. The maximum atomic E-state index is 13.9. The van der Waals surface area contributed by atoms with Crippen molar-refractivity contribution in [3.05, 3.63) is 34.6 Å². The third kappa shape index (κ3) is 5.65. The third-order valence-corrected chi connectivity index (χ3v) is 5.55. The number of nitrogens with zero attached hydrogens (tertiary/aromatic N) is 3. The molecule has 0 bridgehead atoms. The van der Waals surface area contributed by atoms with E-state index >= 15 is 0 Å². The number of rotatable bonds is 3. The van der Waals surface area contributed by atoms with Crippen molar-refractivity contribution in [3.8, 4) is 0 Å². The highest BCUT2D eigenvalue weighted by Crippen LogP contribution is 2.23. The number of benzene rings is 1. The van der Waals surface area contributed by atoms with E-state index in [4.69, 9.17) is 11.6 Å². The quantitative estimate of drug-likeness (QED) is 0.794. The predicted molar refractivity (Wildman–Crippen MR) is 105 cm³/mol. The molecule has 3 nitrogen and oxygen atoms in total. The molecule has 0 N–H and O–H groups in total. The van der Waals surface area contributed by atoms with Crippen LogP contribution >= 0.6 is 11.6 Å². The number of hydrogen-bond acceptors (Lipinski definition) is 3. The molecule has 3 rings (SSSR count). The average Bonchev–Trinajstić information content (AvgIpc) is 2.60. The van der Waals surface area contributed by atoms with Crippen molar-refractivity contribution < 1.29 is 4.39 Å². The molecule has 2 heterocycles. The Hall–Kier alpha value is -0.680. The van der Waals surface area contributed by atoms with Gasteiger partial charge in [-0.25, -0.2) is 4.39 Å². The minimum atomic E-state index is -0.188. The van der Waals surface area contributed by atoms with Crippen LogP contribution in [0.15, 0.2) is 18.2 Å². The van der Waals surface area contributed by atoms with Crippen LogP contribution in [0.25, 0.3) is 0 Å². The molecule has 2 saturated heterocycles. The van der Waals surface area contributed by atoms with Crippen LogP contribution in [0.5, 0.6) is 0 Å². The van der Waals surface area contributed by atoms with Crippen molar-refractivity contribution >= 4 is 11.6 Å². The summed E-state index contributed by atoms with van der Waals surface area (Å²) in [5.41, 5.74) is 0.751. The van der Waals surface area contributed by atoms with E-state index in [1.165, 1.54) is 32.0 Å². The van der Waals surface area contributed by atoms with Crippen LogP contribution < -0.4 is 0 Å². The molecule has 0 aliphatic carbocycles. The summed E-state index contributed by atoms with van der Waals surface area (Å²) in [5.74, 6) is -0.188. The summed E-state index contributed by atoms with van der Waals surface area (Å²) in [5, 5.41) is 0.467. The molecule has 0 spiro atoms. The molecule has 0 radical (unpaired) electrons. The van der Waals surface area contributed by atoms with Gasteiger partial charge in [-0.1, -0.05) is 31.5 Å². The summed E-state index contributed by atoms with van der Waals surface area (Å²) in [6.45, 7) is 12.6. The first kappa shape index (κ1) is 20.6. The van der Waals surface area contributed by atoms with E-state index in [1.54, 1.807) is 6.07 Å². The van der Waals surface area contributed by atoms with Crippen molar-refractivity contribution in [1.82, 2.24) is 14.7 Å². The molecule has 142 valence electrons. The monoisotopic (exact) mass is 369 g/mol. The Balaban J connectivity index is 0.00000109. The van der Waals surface area contributed by atoms with E-state index in [0.29, 0.717) is 23.7 Å². The van der Waals surface area contributed by atoms with Gasteiger partial charge in [0.05, 0.1) is 0 Å². The first-order chi connectivity index (χ1) is 12.0. The molecule has 2 fully saturated rings. The van der Waals surface area contributed by atoms with E-state index in [9.17, 15) is 4.39 Å². The van der Waals surface area contributed by atoms with Gasteiger partial charge in [0.15, 0.2) is 0 Å². The van der Waals surface area contributed by atoms with Crippen molar-refractivity contribution in [2.45, 2.75) is 52.2 Å². The van der Waals surface area contributed by atoms with Gasteiger partial charge in [0.1, 0.15) is 5.82 Å². The Morgan fingerprint density at radius 2 is 1.80 bits per heavy atom. The first-order valence-electron chi connectivity index (χ1n) is 9.63. The Labute approximate surface area is 157 Å². The standard InChI is InChI=1S/C18H27ClFN3.C2H6/c1-14-12-21(2)9-10-23(14)17-5-7-22(8-6-17)13-15-3-4-16(19)11-18(15)20;1-2/h3-4,11,14,17H,5-10,12-13H2,1-2H3;1-2H3. The van der Waals surface area contributed by atoms with Crippen LogP contribution in [0.2, 0.25) is 5.02 Å². The second-order valence-corrected chi connectivity index (χ2v) is 7.53. The number of halogens is 2. The summed E-state index contributed by atoms with van der Waals surface area (Å²) in [6, 6.07) is 6.32. The van der Waals surface area contributed by atoms with Crippen molar-refractivity contribution in [1.29, 1.82) is 0 Å². The zero-order chi connectivity index (χ0) is 18.4. The van der Waals surface area contributed by atoms with Gasteiger partial charge in [0.25, 0.3) is 0 Å². The van der Waals surface area contributed by atoms with Crippen LogP contribution in [0.1, 0.15) is 39.2 Å². The molecule has 25 heavy (non-hydrogen) atoms. The minimum Gasteiger partial charge on any atom is -0.304 e. The lowest BCUT2D eigenvalue weighted by atomic mass is 9.99. The first-order valence-corrected chi connectivity index (χ1v) is 10.0. The van der Waals surface area contributed by atoms with Gasteiger partial charge in [0, 0.05) is 48.8 Å². The van der Waals surface area contributed by atoms with E-state index in [1.807, 2.05) is 19.9 Å². The number of piperidine rings is 1. The lowest BCUT2D eigenvalue weighted by Crippen LogP contribution is -2.56. The highest BCUT2D eigenvalue weighted by molar-refractivity contribution is 6.30. The van der Waals surface area contributed by atoms with Crippen molar-refractivity contribution in [2.24, 2.45) is 0 Å². The topological polar surface area (TPSA) is 9.72 Å². The van der Waals surface area contributed by atoms with Crippen LogP contribution in [0.4, 0.5) is 4.39 Å². The van der Waals surface area contributed by atoms with Gasteiger partial charge < -0.3 is 4.90 Å². The molecule has 0 amide bonds. The van der Waals surface area contributed by atoms with Gasteiger partial charge in [-0.15, -0.1) is 0 Å². The third-order valence-electron chi connectivity index (χ3n) is 5.32. The van der Waals surface area contributed by atoms with Crippen molar-refractivity contribution in [3.63, 3.8) is 0 Å². The van der Waals surface area contributed by atoms with E-state index < -0.39 is 0 Å². The number of hydrogen-bond donors (Lipinski definition) is 0. The molecule has 5 heteroatoms. The van der Waals surface area contributed by atoms with Crippen LogP contribution in [-0.4, -0.2) is 66.6 Å². The second-order valence-electron chi connectivity index (χ2n) is 7.09. The highest BCUT2D eigenvalue weighted by Gasteiger charge is 2.30. The second kappa shape index (κ2) is 9.86. The van der Waals surface area contributed by atoms with E-state index in [2.05, 4.69) is 28.7 Å². The summed E-state index contributed by atoms with van der Waals surface area (Å²) in [4.78, 5) is 7.46. The normalized spacial score (nSPS) is 24.0. The fraction of sp³-hybridized carbons (Fsp3) is 0.700. The molecule has 2 aliphatic heterocycles. The fourth-order valence-electron chi connectivity index (χ4n) is 4.00. The molecule has 1 aromatic rings. The molecular weight excluding hydrogens is 337 g/mol. The predicted octanol–water partition coefficient (Wildman–Crippen LogP) is 4.11. The zero-order valence-corrected chi connectivity index (χ0v) is 16.9.